The number of aliphatic hydroxyl groups is 1. The van der Waals surface area contributed by atoms with Crippen molar-refractivity contribution in [2.45, 2.75) is 19.8 Å². The SMILES string of the molecule is OCc1cc(OCc2ccccc2)cc(OCc2cccc(N(c3ccccc3)c3ccc4ccc5cccc6ccc3c4c56)c2)c1. The van der Waals surface area contributed by atoms with E-state index in [9.17, 15) is 5.11 Å². The van der Waals surface area contributed by atoms with Crippen molar-refractivity contribution in [1.29, 1.82) is 0 Å². The number of para-hydroxylation sites is 1. The second-order valence-corrected chi connectivity index (χ2v) is 11.8. The van der Waals surface area contributed by atoms with E-state index < -0.39 is 0 Å². The zero-order chi connectivity index (χ0) is 31.6. The Balaban J connectivity index is 1.13. The van der Waals surface area contributed by atoms with Crippen LogP contribution in [0.3, 0.4) is 0 Å². The molecule has 4 nitrogen and oxygen atoms in total. The summed E-state index contributed by atoms with van der Waals surface area (Å²) < 4.78 is 12.4. The molecule has 8 aromatic carbocycles. The van der Waals surface area contributed by atoms with Crippen LogP contribution in [0, 0.1) is 0 Å². The molecule has 0 saturated heterocycles. The quantitative estimate of drug-likeness (QED) is 0.156. The number of anilines is 3. The van der Waals surface area contributed by atoms with Crippen LogP contribution in [0.2, 0.25) is 0 Å². The fourth-order valence-electron chi connectivity index (χ4n) is 6.50. The fourth-order valence-corrected chi connectivity index (χ4v) is 6.50. The maximum atomic E-state index is 9.92. The van der Waals surface area contributed by atoms with Gasteiger partial charge < -0.3 is 19.5 Å². The third kappa shape index (κ3) is 5.71. The molecule has 0 aliphatic carbocycles. The molecule has 0 aromatic heterocycles. The number of benzene rings is 8. The Kier molecular flexibility index (Phi) is 7.62. The molecule has 47 heavy (non-hydrogen) atoms. The van der Waals surface area contributed by atoms with Crippen LogP contribution in [0.4, 0.5) is 17.1 Å². The van der Waals surface area contributed by atoms with Gasteiger partial charge in [-0.3, -0.25) is 0 Å². The van der Waals surface area contributed by atoms with Gasteiger partial charge >= 0.3 is 0 Å². The summed E-state index contributed by atoms with van der Waals surface area (Å²) >= 11 is 0. The van der Waals surface area contributed by atoms with Crippen LogP contribution >= 0.6 is 0 Å². The minimum atomic E-state index is -0.0975. The highest BCUT2D eigenvalue weighted by Crippen LogP contribution is 2.43. The highest BCUT2D eigenvalue weighted by atomic mass is 16.5. The number of rotatable bonds is 10. The molecule has 0 aliphatic rings. The lowest BCUT2D eigenvalue weighted by atomic mass is 9.93. The topological polar surface area (TPSA) is 41.9 Å². The molecule has 0 aliphatic heterocycles. The predicted molar refractivity (Wildman–Crippen MR) is 192 cm³/mol. The van der Waals surface area contributed by atoms with Gasteiger partial charge in [0.05, 0.1) is 12.3 Å². The van der Waals surface area contributed by atoms with Gasteiger partial charge in [-0.2, -0.15) is 0 Å². The molecule has 0 heterocycles. The van der Waals surface area contributed by atoms with Gasteiger partial charge in [-0.25, -0.2) is 0 Å². The van der Waals surface area contributed by atoms with Gasteiger partial charge in [-0.1, -0.05) is 109 Å². The van der Waals surface area contributed by atoms with E-state index >= 15 is 0 Å². The van der Waals surface area contributed by atoms with Crippen LogP contribution in [-0.2, 0) is 19.8 Å². The van der Waals surface area contributed by atoms with E-state index in [1.165, 1.54) is 32.3 Å². The number of hydrogen-bond donors (Lipinski definition) is 1. The number of ether oxygens (including phenoxy) is 2. The summed E-state index contributed by atoms with van der Waals surface area (Å²) in [6, 6.07) is 54.6. The Bertz CT molecular complexity index is 2280. The third-order valence-electron chi connectivity index (χ3n) is 8.71. The van der Waals surface area contributed by atoms with Crippen LogP contribution in [0.15, 0.2) is 158 Å². The first-order valence-electron chi connectivity index (χ1n) is 15.9. The van der Waals surface area contributed by atoms with Gasteiger partial charge in [0.15, 0.2) is 0 Å². The molecule has 0 atom stereocenters. The van der Waals surface area contributed by atoms with Gasteiger partial charge in [0, 0.05) is 22.8 Å². The summed E-state index contributed by atoms with van der Waals surface area (Å²) in [5, 5.41) is 17.5. The Morgan fingerprint density at radius 3 is 1.74 bits per heavy atom. The average Bonchev–Trinajstić information content (AvgIpc) is 3.14. The monoisotopic (exact) mass is 611 g/mol. The largest absolute Gasteiger partial charge is 0.489 e. The van der Waals surface area contributed by atoms with Crippen LogP contribution in [0.1, 0.15) is 16.7 Å². The van der Waals surface area contributed by atoms with Crippen molar-refractivity contribution in [1.82, 2.24) is 0 Å². The molecule has 0 amide bonds. The van der Waals surface area contributed by atoms with E-state index in [2.05, 4.69) is 108 Å². The fraction of sp³-hybridized carbons (Fsp3) is 0.0698. The molecule has 8 rings (SSSR count). The van der Waals surface area contributed by atoms with Gasteiger partial charge in [-0.15, -0.1) is 0 Å². The van der Waals surface area contributed by atoms with Crippen molar-refractivity contribution in [3.63, 3.8) is 0 Å². The van der Waals surface area contributed by atoms with Gasteiger partial charge in [0.25, 0.3) is 0 Å². The van der Waals surface area contributed by atoms with Gasteiger partial charge in [-0.05, 0) is 86.1 Å². The second-order valence-electron chi connectivity index (χ2n) is 11.8. The van der Waals surface area contributed by atoms with Crippen molar-refractivity contribution >= 4 is 49.4 Å². The van der Waals surface area contributed by atoms with Crippen molar-refractivity contribution in [3.05, 3.63) is 174 Å². The first-order valence-corrected chi connectivity index (χ1v) is 15.9. The van der Waals surface area contributed by atoms with Crippen LogP contribution in [0.25, 0.3) is 32.3 Å². The van der Waals surface area contributed by atoms with Crippen LogP contribution < -0.4 is 14.4 Å². The summed E-state index contributed by atoms with van der Waals surface area (Å²) in [5.74, 6) is 1.31. The minimum Gasteiger partial charge on any atom is -0.489 e. The van der Waals surface area contributed by atoms with Crippen molar-refractivity contribution in [3.8, 4) is 11.5 Å². The highest BCUT2D eigenvalue weighted by Gasteiger charge is 2.18. The predicted octanol–water partition coefficient (Wildman–Crippen LogP) is 10.7. The molecule has 0 saturated carbocycles. The standard InChI is InChI=1S/C43H33NO3/c45-27-32-24-38(46-28-30-9-3-1-4-10-30)26-39(25-32)47-29-31-11-7-16-37(23-31)44(36-14-5-2-6-15-36)41-22-20-35-18-17-33-12-8-13-34-19-21-40(41)43(35)42(33)34/h1-26,45H,27-29H2. The minimum absolute atomic E-state index is 0.0975. The number of aliphatic hydroxyl groups excluding tert-OH is 1. The van der Waals surface area contributed by atoms with E-state index in [0.29, 0.717) is 24.7 Å². The summed E-state index contributed by atoms with van der Waals surface area (Å²) in [4.78, 5) is 2.33. The second kappa shape index (κ2) is 12.5. The lowest BCUT2D eigenvalue weighted by molar-refractivity contribution is 0.271. The van der Waals surface area contributed by atoms with Crippen molar-refractivity contribution in [2.75, 3.05) is 4.90 Å². The van der Waals surface area contributed by atoms with Crippen LogP contribution in [0.5, 0.6) is 11.5 Å². The summed E-state index contributed by atoms with van der Waals surface area (Å²) in [7, 11) is 0. The van der Waals surface area contributed by atoms with Crippen molar-refractivity contribution < 1.29 is 14.6 Å². The molecule has 0 radical (unpaired) electrons. The summed E-state index contributed by atoms with van der Waals surface area (Å²) in [6.45, 7) is 0.706. The van der Waals surface area contributed by atoms with E-state index in [-0.39, 0.29) is 6.61 Å². The lowest BCUT2D eigenvalue weighted by Crippen LogP contribution is -2.11. The molecule has 0 fully saturated rings. The third-order valence-corrected chi connectivity index (χ3v) is 8.71. The average molecular weight is 612 g/mol. The molecule has 228 valence electrons. The molecule has 0 unspecified atom stereocenters. The first kappa shape index (κ1) is 28.6. The lowest BCUT2D eigenvalue weighted by Gasteiger charge is -2.28. The maximum Gasteiger partial charge on any atom is 0.123 e. The Morgan fingerprint density at radius 1 is 0.447 bits per heavy atom. The highest BCUT2D eigenvalue weighted by molar-refractivity contribution is 6.25. The molecule has 0 bridgehead atoms. The molecular formula is C43H33NO3. The van der Waals surface area contributed by atoms with Crippen LogP contribution in [-0.4, -0.2) is 5.11 Å². The Labute approximate surface area is 274 Å². The van der Waals surface area contributed by atoms with E-state index in [0.717, 1.165) is 33.8 Å². The first-order chi connectivity index (χ1) is 23.2. The maximum absolute atomic E-state index is 9.92. The van der Waals surface area contributed by atoms with Gasteiger partial charge in [0.2, 0.25) is 0 Å². The van der Waals surface area contributed by atoms with Crippen molar-refractivity contribution in [2.24, 2.45) is 0 Å². The van der Waals surface area contributed by atoms with E-state index in [4.69, 9.17) is 9.47 Å². The van der Waals surface area contributed by atoms with E-state index in [1.54, 1.807) is 0 Å². The number of hydrogen-bond acceptors (Lipinski definition) is 4. The molecular weight excluding hydrogens is 578 g/mol. The summed E-state index contributed by atoms with van der Waals surface area (Å²) in [6.07, 6.45) is 0. The summed E-state index contributed by atoms with van der Waals surface area (Å²) in [5.41, 5.74) is 6.09. The van der Waals surface area contributed by atoms with E-state index in [1.807, 2.05) is 54.6 Å². The Morgan fingerprint density at radius 2 is 1.02 bits per heavy atom. The smallest absolute Gasteiger partial charge is 0.123 e. The Hall–Kier alpha value is -5.84. The molecule has 4 heteroatoms. The molecule has 0 spiro atoms. The number of nitrogens with zero attached hydrogens (tertiary/aromatic N) is 1. The molecule has 8 aromatic rings. The normalized spacial score (nSPS) is 11.3. The zero-order valence-corrected chi connectivity index (χ0v) is 25.8. The van der Waals surface area contributed by atoms with Gasteiger partial charge in [0.1, 0.15) is 24.7 Å². The molecule has 1 N–H and O–H groups in total. The zero-order valence-electron chi connectivity index (χ0n) is 25.8.